The maximum absolute atomic E-state index is 13.4. The minimum atomic E-state index is -0.366. The van der Waals surface area contributed by atoms with Gasteiger partial charge in [-0.2, -0.15) is 0 Å². The summed E-state index contributed by atoms with van der Waals surface area (Å²) >= 11 is 5.70. The quantitative estimate of drug-likeness (QED) is 0.869. The van der Waals surface area contributed by atoms with E-state index < -0.39 is 0 Å². The van der Waals surface area contributed by atoms with Crippen LogP contribution in [0.2, 0.25) is 5.02 Å². The molecule has 1 unspecified atom stereocenters. The van der Waals surface area contributed by atoms with Gasteiger partial charge in [-0.1, -0.05) is 24.4 Å². The van der Waals surface area contributed by atoms with Crippen LogP contribution in [-0.2, 0) is 4.74 Å². The Kier molecular flexibility index (Phi) is 3.68. The molecule has 19 heavy (non-hydrogen) atoms. The van der Waals surface area contributed by atoms with Crippen molar-refractivity contribution in [1.29, 1.82) is 0 Å². The van der Waals surface area contributed by atoms with Gasteiger partial charge < -0.3 is 10.1 Å². The second-order valence-electron chi connectivity index (χ2n) is 5.70. The van der Waals surface area contributed by atoms with Crippen molar-refractivity contribution < 1.29 is 9.13 Å². The van der Waals surface area contributed by atoms with Crippen molar-refractivity contribution in [2.45, 2.75) is 50.2 Å². The van der Waals surface area contributed by atoms with E-state index >= 15 is 0 Å². The number of halogens is 2. The fourth-order valence-corrected chi connectivity index (χ4v) is 3.46. The average Bonchev–Trinajstić information content (AvgIpc) is 2.82. The zero-order valence-electron chi connectivity index (χ0n) is 10.9. The van der Waals surface area contributed by atoms with Gasteiger partial charge in [-0.3, -0.25) is 0 Å². The van der Waals surface area contributed by atoms with Crippen LogP contribution in [0.4, 0.5) is 10.1 Å². The molecule has 1 aliphatic carbocycles. The maximum atomic E-state index is 13.4. The summed E-state index contributed by atoms with van der Waals surface area (Å²) in [6.45, 7) is 0.799. The summed E-state index contributed by atoms with van der Waals surface area (Å²) in [6, 6.07) is 5.28. The molecule has 0 radical (unpaired) electrons. The molecule has 1 aromatic rings. The molecule has 1 saturated heterocycles. The van der Waals surface area contributed by atoms with E-state index in [1.54, 1.807) is 6.07 Å². The van der Waals surface area contributed by atoms with Crippen LogP contribution >= 0.6 is 11.6 Å². The summed E-state index contributed by atoms with van der Waals surface area (Å²) in [6.07, 6.45) is 6.87. The van der Waals surface area contributed by atoms with Crippen molar-refractivity contribution in [3.05, 3.63) is 29.0 Å². The first-order valence-electron chi connectivity index (χ1n) is 7.02. The van der Waals surface area contributed by atoms with Gasteiger partial charge in [-0.15, -0.1) is 0 Å². The van der Waals surface area contributed by atoms with Gasteiger partial charge in [-0.05, 0) is 43.9 Å². The third-order valence-electron chi connectivity index (χ3n) is 4.30. The van der Waals surface area contributed by atoms with Gasteiger partial charge in [-0.25, -0.2) is 4.39 Å². The first-order chi connectivity index (χ1) is 9.17. The smallest absolute Gasteiger partial charge is 0.143 e. The largest absolute Gasteiger partial charge is 0.382 e. The summed E-state index contributed by atoms with van der Waals surface area (Å²) in [7, 11) is 0. The third kappa shape index (κ3) is 2.87. The van der Waals surface area contributed by atoms with Crippen LogP contribution in [0.5, 0.6) is 0 Å². The lowest BCUT2D eigenvalue weighted by Gasteiger charge is -2.39. The van der Waals surface area contributed by atoms with E-state index in [-0.39, 0.29) is 16.4 Å². The zero-order valence-corrected chi connectivity index (χ0v) is 11.7. The molecule has 4 heteroatoms. The van der Waals surface area contributed by atoms with Crippen LogP contribution < -0.4 is 5.32 Å². The highest BCUT2D eigenvalue weighted by Gasteiger charge is 2.39. The fourth-order valence-electron chi connectivity index (χ4n) is 3.34. The summed E-state index contributed by atoms with van der Waals surface area (Å²) < 4.78 is 19.4. The molecular formula is C15H19ClFNO. The Morgan fingerprint density at radius 1 is 1.32 bits per heavy atom. The summed E-state index contributed by atoms with van der Waals surface area (Å²) in [5.74, 6) is -0.366. The fraction of sp³-hybridized carbons (Fsp3) is 0.600. The van der Waals surface area contributed by atoms with E-state index in [1.807, 2.05) is 6.07 Å². The Bertz CT molecular complexity index is 459. The molecule has 1 spiro atoms. The molecule has 1 heterocycles. The number of benzene rings is 1. The van der Waals surface area contributed by atoms with E-state index in [4.69, 9.17) is 16.3 Å². The molecule has 1 atom stereocenters. The van der Waals surface area contributed by atoms with Crippen molar-refractivity contribution in [3.63, 3.8) is 0 Å². The Morgan fingerprint density at radius 3 is 2.84 bits per heavy atom. The van der Waals surface area contributed by atoms with E-state index in [9.17, 15) is 4.39 Å². The van der Waals surface area contributed by atoms with Gasteiger partial charge in [0.2, 0.25) is 0 Å². The molecule has 0 bridgehead atoms. The third-order valence-corrected chi connectivity index (χ3v) is 4.60. The van der Waals surface area contributed by atoms with Gasteiger partial charge in [0.15, 0.2) is 0 Å². The average molecular weight is 284 g/mol. The van der Waals surface area contributed by atoms with Crippen molar-refractivity contribution >= 4 is 17.3 Å². The van der Waals surface area contributed by atoms with Crippen molar-refractivity contribution in [1.82, 2.24) is 0 Å². The monoisotopic (exact) mass is 283 g/mol. The predicted molar refractivity (Wildman–Crippen MR) is 75.2 cm³/mol. The van der Waals surface area contributed by atoms with Gasteiger partial charge in [0.05, 0.1) is 10.6 Å². The number of anilines is 1. The Labute approximate surface area is 118 Å². The summed E-state index contributed by atoms with van der Waals surface area (Å²) in [5.41, 5.74) is 0.892. The van der Waals surface area contributed by atoms with Crippen LogP contribution in [0, 0.1) is 5.82 Å². The highest BCUT2D eigenvalue weighted by molar-refractivity contribution is 6.30. The highest BCUT2D eigenvalue weighted by Crippen LogP contribution is 2.40. The van der Waals surface area contributed by atoms with E-state index in [2.05, 4.69) is 5.32 Å². The molecule has 1 aromatic carbocycles. The second-order valence-corrected chi connectivity index (χ2v) is 6.11. The second kappa shape index (κ2) is 5.29. The molecule has 0 aromatic heterocycles. The molecular weight excluding hydrogens is 265 g/mol. The molecule has 2 aliphatic rings. The molecule has 2 nitrogen and oxygen atoms in total. The van der Waals surface area contributed by atoms with Crippen LogP contribution in [0.15, 0.2) is 18.2 Å². The molecule has 104 valence electrons. The molecule has 1 aliphatic heterocycles. The summed E-state index contributed by atoms with van der Waals surface area (Å²) in [5, 5.41) is 3.59. The molecule has 1 saturated carbocycles. The first-order valence-corrected chi connectivity index (χ1v) is 7.40. The van der Waals surface area contributed by atoms with Crippen LogP contribution in [-0.4, -0.2) is 18.2 Å². The lowest BCUT2D eigenvalue weighted by molar-refractivity contribution is -0.0767. The molecule has 2 fully saturated rings. The summed E-state index contributed by atoms with van der Waals surface area (Å²) in [4.78, 5) is 0. The minimum absolute atomic E-state index is 0.0842. The number of hydrogen-bond donors (Lipinski definition) is 1. The molecule has 1 N–H and O–H groups in total. The van der Waals surface area contributed by atoms with Crippen molar-refractivity contribution in [3.8, 4) is 0 Å². The standard InChI is InChI=1S/C15H19ClFNO/c16-13-4-3-11(9-14(13)17)18-12-5-8-19-15(10-12)6-1-2-7-15/h3-4,9,12,18H,1-2,5-8,10H2. The van der Waals surface area contributed by atoms with Crippen LogP contribution in [0.3, 0.4) is 0 Å². The number of hydrogen-bond acceptors (Lipinski definition) is 2. The SMILES string of the molecule is Fc1cc(NC2CCOC3(CCCC3)C2)ccc1Cl. The van der Waals surface area contributed by atoms with E-state index in [0.29, 0.717) is 6.04 Å². The normalized spacial score (nSPS) is 25.7. The van der Waals surface area contributed by atoms with E-state index in [1.165, 1.54) is 31.7 Å². The molecule has 0 amide bonds. The first kappa shape index (κ1) is 13.2. The number of ether oxygens (including phenoxy) is 1. The maximum Gasteiger partial charge on any atom is 0.143 e. The number of rotatable bonds is 2. The Balaban J connectivity index is 1.67. The lowest BCUT2D eigenvalue weighted by atomic mass is 9.89. The Hall–Kier alpha value is -0.800. The van der Waals surface area contributed by atoms with Gasteiger partial charge >= 0.3 is 0 Å². The minimum Gasteiger partial charge on any atom is -0.382 e. The number of nitrogens with one attached hydrogen (secondary N) is 1. The van der Waals surface area contributed by atoms with Gasteiger partial charge in [0.1, 0.15) is 5.82 Å². The topological polar surface area (TPSA) is 21.3 Å². The van der Waals surface area contributed by atoms with Crippen molar-refractivity contribution in [2.75, 3.05) is 11.9 Å². The highest BCUT2D eigenvalue weighted by atomic mass is 35.5. The van der Waals surface area contributed by atoms with Crippen LogP contribution in [0.25, 0.3) is 0 Å². The van der Waals surface area contributed by atoms with E-state index in [0.717, 1.165) is 25.1 Å². The van der Waals surface area contributed by atoms with Gasteiger partial charge in [0.25, 0.3) is 0 Å². The van der Waals surface area contributed by atoms with Crippen molar-refractivity contribution in [2.24, 2.45) is 0 Å². The Morgan fingerprint density at radius 2 is 2.11 bits per heavy atom. The van der Waals surface area contributed by atoms with Gasteiger partial charge in [0, 0.05) is 18.3 Å². The zero-order chi connectivity index (χ0) is 13.3. The molecule has 3 rings (SSSR count). The van der Waals surface area contributed by atoms with Crippen LogP contribution in [0.1, 0.15) is 38.5 Å². The predicted octanol–water partition coefficient (Wildman–Crippen LogP) is 4.38. The lowest BCUT2D eigenvalue weighted by Crippen LogP contribution is -2.42.